The van der Waals surface area contributed by atoms with Gasteiger partial charge in [-0.05, 0) is 56.5 Å². The fourth-order valence-corrected chi connectivity index (χ4v) is 4.60. The molecule has 1 fully saturated rings. The maximum Gasteiger partial charge on any atom is 0.306 e. The smallest absolute Gasteiger partial charge is 0.306 e. The average Bonchev–Trinajstić information content (AvgIpc) is 3.33. The molecule has 0 aliphatic heterocycles. The SMILES string of the molecule is Cc1nn(-c2ccc(F)cc2)c2sc(C(=O)N[C@H]3CC[C@@H](C(=O)O)C3)cc12. The highest BCUT2D eigenvalue weighted by Gasteiger charge is 2.31. The predicted molar refractivity (Wildman–Crippen MR) is 99.9 cm³/mol. The van der Waals surface area contributed by atoms with Gasteiger partial charge in [-0.2, -0.15) is 5.10 Å². The van der Waals surface area contributed by atoms with Crippen LogP contribution in [-0.4, -0.2) is 32.8 Å². The van der Waals surface area contributed by atoms with E-state index in [2.05, 4.69) is 10.4 Å². The van der Waals surface area contributed by atoms with Gasteiger partial charge in [0, 0.05) is 11.4 Å². The molecule has 2 atom stereocenters. The topological polar surface area (TPSA) is 84.2 Å². The first kappa shape index (κ1) is 17.7. The van der Waals surface area contributed by atoms with Crippen molar-refractivity contribution in [1.82, 2.24) is 15.1 Å². The summed E-state index contributed by atoms with van der Waals surface area (Å²) in [7, 11) is 0. The normalized spacial score (nSPS) is 19.5. The summed E-state index contributed by atoms with van der Waals surface area (Å²) >= 11 is 1.32. The van der Waals surface area contributed by atoms with Gasteiger partial charge in [-0.15, -0.1) is 11.3 Å². The van der Waals surface area contributed by atoms with E-state index >= 15 is 0 Å². The van der Waals surface area contributed by atoms with Gasteiger partial charge in [0.2, 0.25) is 0 Å². The third-order valence-corrected chi connectivity index (χ3v) is 6.07. The van der Waals surface area contributed by atoms with E-state index in [9.17, 15) is 14.0 Å². The first-order valence-corrected chi connectivity index (χ1v) is 9.53. The van der Waals surface area contributed by atoms with Crippen molar-refractivity contribution in [2.24, 2.45) is 5.92 Å². The summed E-state index contributed by atoms with van der Waals surface area (Å²) in [5.74, 6) is -1.70. The van der Waals surface area contributed by atoms with Crippen LogP contribution < -0.4 is 5.32 Å². The first-order valence-electron chi connectivity index (χ1n) is 8.71. The fraction of sp³-hybridized carbons (Fsp3) is 0.316. The highest BCUT2D eigenvalue weighted by molar-refractivity contribution is 7.20. The van der Waals surface area contributed by atoms with Crippen molar-refractivity contribution in [3.63, 3.8) is 0 Å². The number of hydrogen-bond donors (Lipinski definition) is 2. The Labute approximate surface area is 158 Å². The van der Waals surface area contributed by atoms with E-state index in [0.717, 1.165) is 21.6 Å². The molecule has 2 heterocycles. The molecule has 3 aromatic rings. The van der Waals surface area contributed by atoms with Crippen molar-refractivity contribution in [1.29, 1.82) is 0 Å². The number of fused-ring (bicyclic) bond motifs is 1. The lowest BCUT2D eigenvalue weighted by Crippen LogP contribution is -2.32. The number of carbonyl (C=O) groups is 2. The number of carboxylic acid groups (broad SMARTS) is 1. The van der Waals surface area contributed by atoms with Gasteiger partial charge >= 0.3 is 5.97 Å². The minimum atomic E-state index is -0.802. The molecule has 0 radical (unpaired) electrons. The fourth-order valence-electron chi connectivity index (χ4n) is 3.51. The largest absolute Gasteiger partial charge is 0.481 e. The third kappa shape index (κ3) is 3.32. The number of halogens is 1. The summed E-state index contributed by atoms with van der Waals surface area (Å²) in [5.41, 5.74) is 1.51. The number of thiophene rings is 1. The van der Waals surface area contributed by atoms with Crippen LogP contribution in [0.4, 0.5) is 4.39 Å². The van der Waals surface area contributed by atoms with Crippen LogP contribution in [-0.2, 0) is 4.79 Å². The highest BCUT2D eigenvalue weighted by Crippen LogP contribution is 2.31. The summed E-state index contributed by atoms with van der Waals surface area (Å²) in [4.78, 5) is 25.1. The second kappa shape index (κ2) is 6.77. The van der Waals surface area contributed by atoms with Crippen molar-refractivity contribution in [3.05, 3.63) is 46.7 Å². The molecular formula is C19H18FN3O3S. The van der Waals surface area contributed by atoms with Crippen molar-refractivity contribution in [2.45, 2.75) is 32.2 Å². The van der Waals surface area contributed by atoms with E-state index in [0.29, 0.717) is 24.1 Å². The lowest BCUT2D eigenvalue weighted by molar-refractivity contribution is -0.141. The minimum absolute atomic E-state index is 0.112. The molecule has 0 spiro atoms. The number of hydrogen-bond acceptors (Lipinski definition) is 4. The van der Waals surface area contributed by atoms with E-state index in [1.807, 2.05) is 6.92 Å². The van der Waals surface area contributed by atoms with Crippen LogP contribution >= 0.6 is 11.3 Å². The Balaban J connectivity index is 1.58. The maximum absolute atomic E-state index is 13.2. The molecule has 1 aliphatic carbocycles. The van der Waals surface area contributed by atoms with Crippen molar-refractivity contribution in [3.8, 4) is 5.69 Å². The zero-order valence-electron chi connectivity index (χ0n) is 14.6. The Morgan fingerprint density at radius 3 is 2.70 bits per heavy atom. The molecule has 0 saturated heterocycles. The third-order valence-electron chi connectivity index (χ3n) is 4.96. The van der Waals surface area contributed by atoms with Crippen LogP contribution in [0, 0.1) is 18.7 Å². The van der Waals surface area contributed by atoms with Crippen molar-refractivity contribution >= 4 is 33.4 Å². The molecule has 6 nitrogen and oxygen atoms in total. The molecule has 1 aliphatic rings. The number of aromatic nitrogens is 2. The first-order chi connectivity index (χ1) is 12.9. The van der Waals surface area contributed by atoms with E-state index in [1.54, 1.807) is 22.9 Å². The average molecular weight is 387 g/mol. The second-order valence-corrected chi connectivity index (χ2v) is 7.85. The summed E-state index contributed by atoms with van der Waals surface area (Å²) in [6.45, 7) is 1.87. The Morgan fingerprint density at radius 2 is 2.04 bits per heavy atom. The molecule has 1 saturated carbocycles. The molecule has 1 aromatic carbocycles. The Hall–Kier alpha value is -2.74. The van der Waals surface area contributed by atoms with E-state index in [1.165, 1.54) is 23.5 Å². The second-order valence-electron chi connectivity index (χ2n) is 6.82. The number of benzene rings is 1. The molecule has 27 heavy (non-hydrogen) atoms. The van der Waals surface area contributed by atoms with Gasteiger partial charge in [-0.25, -0.2) is 9.07 Å². The van der Waals surface area contributed by atoms with E-state index < -0.39 is 5.97 Å². The van der Waals surface area contributed by atoms with Gasteiger partial charge < -0.3 is 10.4 Å². The Kier molecular flexibility index (Phi) is 4.43. The molecule has 4 rings (SSSR count). The molecule has 2 N–H and O–H groups in total. The molecule has 0 unspecified atom stereocenters. The Bertz CT molecular complexity index is 1020. The van der Waals surface area contributed by atoms with Gasteiger partial charge in [0.25, 0.3) is 5.91 Å². The molecule has 2 aromatic heterocycles. The number of rotatable bonds is 4. The molecule has 0 bridgehead atoms. The van der Waals surface area contributed by atoms with Crippen LogP contribution in [0.2, 0.25) is 0 Å². The van der Waals surface area contributed by atoms with Crippen LogP contribution in [0.1, 0.15) is 34.6 Å². The van der Waals surface area contributed by atoms with Crippen LogP contribution in [0.5, 0.6) is 0 Å². The predicted octanol–water partition coefficient (Wildman–Crippen LogP) is 3.52. The Morgan fingerprint density at radius 1 is 1.30 bits per heavy atom. The zero-order valence-corrected chi connectivity index (χ0v) is 15.4. The number of nitrogens with zero attached hydrogens (tertiary/aromatic N) is 2. The van der Waals surface area contributed by atoms with Crippen LogP contribution in [0.25, 0.3) is 15.9 Å². The van der Waals surface area contributed by atoms with Gasteiger partial charge in [0.05, 0.1) is 22.2 Å². The number of amides is 1. The van der Waals surface area contributed by atoms with Crippen LogP contribution in [0.15, 0.2) is 30.3 Å². The molecule has 8 heteroatoms. The minimum Gasteiger partial charge on any atom is -0.481 e. The number of aryl methyl sites for hydroxylation is 1. The van der Waals surface area contributed by atoms with Gasteiger partial charge in [-0.3, -0.25) is 9.59 Å². The number of carboxylic acids is 1. The number of carbonyl (C=O) groups excluding carboxylic acids is 1. The molecule has 1 amide bonds. The highest BCUT2D eigenvalue weighted by atomic mass is 32.1. The molecular weight excluding hydrogens is 369 g/mol. The zero-order chi connectivity index (χ0) is 19.1. The monoisotopic (exact) mass is 387 g/mol. The summed E-state index contributed by atoms with van der Waals surface area (Å²) in [6.07, 6.45) is 1.73. The summed E-state index contributed by atoms with van der Waals surface area (Å²) in [5, 5.41) is 17.4. The van der Waals surface area contributed by atoms with Crippen LogP contribution in [0.3, 0.4) is 0 Å². The number of nitrogens with one attached hydrogen (secondary N) is 1. The maximum atomic E-state index is 13.2. The standard InChI is InChI=1S/C19H18FN3O3S/c1-10-15-9-16(17(24)21-13-5-2-11(8-13)19(25)26)27-18(15)23(22-10)14-6-3-12(20)4-7-14/h3-4,6-7,9,11,13H,2,5,8H2,1H3,(H,21,24)(H,25,26)/t11-,13+/m1/s1. The van der Waals surface area contributed by atoms with Gasteiger partial charge in [0.15, 0.2) is 0 Å². The van der Waals surface area contributed by atoms with Gasteiger partial charge in [0.1, 0.15) is 10.6 Å². The summed E-state index contributed by atoms with van der Waals surface area (Å²) < 4.78 is 14.9. The molecule has 140 valence electrons. The van der Waals surface area contributed by atoms with E-state index in [-0.39, 0.29) is 23.7 Å². The van der Waals surface area contributed by atoms with E-state index in [4.69, 9.17) is 5.11 Å². The summed E-state index contributed by atoms with van der Waals surface area (Å²) in [6, 6.07) is 7.73. The van der Waals surface area contributed by atoms with Crippen molar-refractivity contribution in [2.75, 3.05) is 0 Å². The number of aliphatic carboxylic acids is 1. The van der Waals surface area contributed by atoms with Gasteiger partial charge in [-0.1, -0.05) is 0 Å². The lowest BCUT2D eigenvalue weighted by atomic mass is 10.1. The van der Waals surface area contributed by atoms with Crippen molar-refractivity contribution < 1.29 is 19.1 Å². The quantitative estimate of drug-likeness (QED) is 0.717. The lowest BCUT2D eigenvalue weighted by Gasteiger charge is -2.11.